The summed E-state index contributed by atoms with van der Waals surface area (Å²) < 4.78 is 12.2. The van der Waals surface area contributed by atoms with E-state index in [1.165, 1.54) is 18.4 Å². The summed E-state index contributed by atoms with van der Waals surface area (Å²) in [5, 5.41) is 0. The first kappa shape index (κ1) is 20.9. The van der Waals surface area contributed by atoms with Gasteiger partial charge < -0.3 is 14.5 Å². The molecule has 4 rings (SSSR count). The van der Waals surface area contributed by atoms with Crippen LogP contribution in [0, 0.1) is 0 Å². The molecule has 0 unspecified atom stereocenters. The third-order valence-electron chi connectivity index (χ3n) is 5.77. The van der Waals surface area contributed by atoms with Gasteiger partial charge >= 0.3 is 0 Å². The highest BCUT2D eigenvalue weighted by atomic mass is 16.5. The van der Waals surface area contributed by atoms with Crippen molar-refractivity contribution in [3.05, 3.63) is 54.4 Å². The SMILES string of the molecule is CN(Cc1ccc(Oc2ccc3nc[nH]c3c2)cc1)C1CCC(OC(C)(C)C)CC1. The number of H-pyrrole nitrogens is 1. The average molecular weight is 408 g/mol. The second-order valence-electron chi connectivity index (χ2n) is 9.40. The normalized spacial score (nSPS) is 20.0. The van der Waals surface area contributed by atoms with Crippen molar-refractivity contribution in [2.75, 3.05) is 7.05 Å². The molecule has 1 aromatic heterocycles. The molecule has 1 heterocycles. The molecule has 5 heteroatoms. The Morgan fingerprint density at radius 2 is 1.70 bits per heavy atom. The smallest absolute Gasteiger partial charge is 0.129 e. The molecule has 1 fully saturated rings. The molecule has 0 aliphatic heterocycles. The third kappa shape index (κ3) is 5.41. The Kier molecular flexibility index (Phi) is 6.11. The molecular weight excluding hydrogens is 374 g/mol. The molecule has 0 spiro atoms. The van der Waals surface area contributed by atoms with E-state index in [0.717, 1.165) is 41.9 Å². The van der Waals surface area contributed by atoms with Gasteiger partial charge in [-0.3, -0.25) is 4.90 Å². The molecule has 1 N–H and O–H groups in total. The Bertz CT molecular complexity index is 950. The van der Waals surface area contributed by atoms with Gasteiger partial charge in [0.25, 0.3) is 0 Å². The van der Waals surface area contributed by atoms with Crippen molar-refractivity contribution < 1.29 is 9.47 Å². The van der Waals surface area contributed by atoms with Crippen LogP contribution >= 0.6 is 0 Å². The third-order valence-corrected chi connectivity index (χ3v) is 5.77. The molecule has 3 aromatic rings. The van der Waals surface area contributed by atoms with Crippen molar-refractivity contribution in [1.82, 2.24) is 14.9 Å². The molecule has 1 aliphatic rings. The van der Waals surface area contributed by atoms with Gasteiger partial charge in [0, 0.05) is 18.7 Å². The maximum Gasteiger partial charge on any atom is 0.129 e. The van der Waals surface area contributed by atoms with Crippen LogP contribution in [0.2, 0.25) is 0 Å². The lowest BCUT2D eigenvalue weighted by Gasteiger charge is -2.37. The fourth-order valence-corrected chi connectivity index (χ4v) is 4.30. The number of aromatic nitrogens is 2. The second kappa shape index (κ2) is 8.78. The van der Waals surface area contributed by atoms with E-state index in [0.29, 0.717) is 12.1 Å². The summed E-state index contributed by atoms with van der Waals surface area (Å²) in [6.45, 7) is 7.40. The van der Waals surface area contributed by atoms with Crippen LogP contribution in [0.15, 0.2) is 48.8 Å². The van der Waals surface area contributed by atoms with Crippen LogP contribution < -0.4 is 4.74 Å². The standard InChI is InChI=1S/C25H33N3O2/c1-25(2,3)30-21-11-7-19(8-12-21)28(4)16-18-5-9-20(10-6-18)29-22-13-14-23-24(15-22)27-17-26-23/h5-6,9-10,13-15,17,19,21H,7-8,11-12,16H2,1-4H3,(H,26,27). The van der Waals surface area contributed by atoms with Crippen LogP contribution in [-0.4, -0.2) is 39.7 Å². The van der Waals surface area contributed by atoms with E-state index in [1.54, 1.807) is 6.33 Å². The van der Waals surface area contributed by atoms with Crippen LogP contribution in [-0.2, 0) is 11.3 Å². The largest absolute Gasteiger partial charge is 0.457 e. The first-order valence-electron chi connectivity index (χ1n) is 10.9. The Hall–Kier alpha value is -2.37. The maximum atomic E-state index is 6.17. The van der Waals surface area contributed by atoms with Crippen LogP contribution in [0.3, 0.4) is 0 Å². The summed E-state index contributed by atoms with van der Waals surface area (Å²) >= 11 is 0. The van der Waals surface area contributed by atoms with Crippen molar-refractivity contribution >= 4 is 11.0 Å². The molecular formula is C25H33N3O2. The molecule has 0 radical (unpaired) electrons. The van der Waals surface area contributed by atoms with Crippen LogP contribution in [0.25, 0.3) is 11.0 Å². The highest BCUT2D eigenvalue weighted by molar-refractivity contribution is 5.76. The second-order valence-corrected chi connectivity index (χ2v) is 9.40. The highest BCUT2D eigenvalue weighted by Gasteiger charge is 2.27. The van der Waals surface area contributed by atoms with E-state index in [1.807, 2.05) is 18.2 Å². The molecule has 2 aromatic carbocycles. The van der Waals surface area contributed by atoms with Crippen molar-refractivity contribution in [2.45, 2.75) is 70.7 Å². The van der Waals surface area contributed by atoms with Gasteiger partial charge in [-0.25, -0.2) is 4.98 Å². The molecule has 1 aliphatic carbocycles. The number of benzene rings is 2. The van der Waals surface area contributed by atoms with E-state index < -0.39 is 0 Å². The summed E-state index contributed by atoms with van der Waals surface area (Å²) in [5.41, 5.74) is 3.19. The monoisotopic (exact) mass is 407 g/mol. The van der Waals surface area contributed by atoms with Gasteiger partial charge in [-0.15, -0.1) is 0 Å². The van der Waals surface area contributed by atoms with Gasteiger partial charge in [0.05, 0.1) is 29.1 Å². The lowest BCUT2D eigenvalue weighted by molar-refractivity contribution is -0.0805. The topological polar surface area (TPSA) is 50.4 Å². The number of rotatable bonds is 6. The number of hydrogen-bond acceptors (Lipinski definition) is 4. The van der Waals surface area contributed by atoms with Crippen LogP contribution in [0.4, 0.5) is 0 Å². The maximum absolute atomic E-state index is 6.17. The molecule has 30 heavy (non-hydrogen) atoms. The van der Waals surface area contributed by atoms with Gasteiger partial charge in [-0.2, -0.15) is 0 Å². The van der Waals surface area contributed by atoms with Crippen molar-refractivity contribution in [2.24, 2.45) is 0 Å². The molecule has 0 atom stereocenters. The molecule has 1 saturated carbocycles. The van der Waals surface area contributed by atoms with E-state index >= 15 is 0 Å². The predicted octanol–water partition coefficient (Wildman–Crippen LogP) is 5.91. The lowest BCUT2D eigenvalue weighted by atomic mass is 9.91. The number of nitrogens with zero attached hydrogens (tertiary/aromatic N) is 2. The molecule has 0 bridgehead atoms. The Balaban J connectivity index is 1.29. The number of nitrogens with one attached hydrogen (secondary N) is 1. The zero-order chi connectivity index (χ0) is 21.1. The zero-order valence-electron chi connectivity index (χ0n) is 18.5. The Labute approximate surface area is 179 Å². The Morgan fingerprint density at radius 1 is 1.00 bits per heavy atom. The fraction of sp³-hybridized carbons (Fsp3) is 0.480. The minimum atomic E-state index is -0.0443. The number of imidazole rings is 1. The minimum absolute atomic E-state index is 0.0443. The quantitative estimate of drug-likeness (QED) is 0.551. The minimum Gasteiger partial charge on any atom is -0.457 e. The van der Waals surface area contributed by atoms with E-state index in [9.17, 15) is 0 Å². The van der Waals surface area contributed by atoms with E-state index in [2.05, 4.69) is 67.0 Å². The predicted molar refractivity (Wildman–Crippen MR) is 121 cm³/mol. The Morgan fingerprint density at radius 3 is 2.40 bits per heavy atom. The van der Waals surface area contributed by atoms with Gasteiger partial charge in [0.2, 0.25) is 0 Å². The van der Waals surface area contributed by atoms with Gasteiger partial charge in [0.15, 0.2) is 0 Å². The number of hydrogen-bond donors (Lipinski definition) is 1. The molecule has 160 valence electrons. The molecule has 5 nitrogen and oxygen atoms in total. The van der Waals surface area contributed by atoms with Gasteiger partial charge in [-0.1, -0.05) is 12.1 Å². The summed E-state index contributed by atoms with van der Waals surface area (Å²) in [6.07, 6.45) is 6.82. The van der Waals surface area contributed by atoms with Crippen molar-refractivity contribution in [3.63, 3.8) is 0 Å². The summed E-state index contributed by atoms with van der Waals surface area (Å²) in [4.78, 5) is 9.84. The highest BCUT2D eigenvalue weighted by Crippen LogP contribution is 2.29. The van der Waals surface area contributed by atoms with E-state index in [4.69, 9.17) is 9.47 Å². The summed E-state index contributed by atoms with van der Waals surface area (Å²) in [6, 6.07) is 14.9. The number of fused-ring (bicyclic) bond motifs is 1. The first-order chi connectivity index (χ1) is 14.4. The number of ether oxygens (including phenoxy) is 2. The summed E-state index contributed by atoms with van der Waals surface area (Å²) in [7, 11) is 2.24. The molecule has 0 saturated heterocycles. The van der Waals surface area contributed by atoms with Crippen LogP contribution in [0.1, 0.15) is 52.0 Å². The van der Waals surface area contributed by atoms with Gasteiger partial charge in [0.1, 0.15) is 11.5 Å². The molecule has 0 amide bonds. The van der Waals surface area contributed by atoms with Gasteiger partial charge in [-0.05, 0) is 83.3 Å². The van der Waals surface area contributed by atoms with Crippen molar-refractivity contribution in [1.29, 1.82) is 0 Å². The van der Waals surface area contributed by atoms with E-state index in [-0.39, 0.29) is 5.60 Å². The fourth-order valence-electron chi connectivity index (χ4n) is 4.30. The van der Waals surface area contributed by atoms with Crippen LogP contribution in [0.5, 0.6) is 11.5 Å². The van der Waals surface area contributed by atoms with Crippen molar-refractivity contribution in [3.8, 4) is 11.5 Å². The first-order valence-corrected chi connectivity index (χ1v) is 10.9. The number of aromatic amines is 1. The summed E-state index contributed by atoms with van der Waals surface area (Å²) in [5.74, 6) is 1.66. The lowest BCUT2D eigenvalue weighted by Crippen LogP contribution is -2.38. The zero-order valence-corrected chi connectivity index (χ0v) is 18.5. The average Bonchev–Trinajstić information content (AvgIpc) is 3.17.